The highest BCUT2D eigenvalue weighted by Crippen LogP contribution is 2.23. The van der Waals surface area contributed by atoms with Gasteiger partial charge >= 0.3 is 0 Å². The van der Waals surface area contributed by atoms with E-state index in [1.165, 1.54) is 0 Å². The van der Waals surface area contributed by atoms with Gasteiger partial charge in [0.1, 0.15) is 0 Å². The second-order valence-electron chi connectivity index (χ2n) is 4.91. The summed E-state index contributed by atoms with van der Waals surface area (Å²) in [6.07, 6.45) is 4.34. The van der Waals surface area contributed by atoms with Gasteiger partial charge in [0.05, 0.1) is 6.61 Å². The number of nitrogens with zero attached hydrogens (tertiary/aromatic N) is 1. The van der Waals surface area contributed by atoms with Crippen LogP contribution in [0.5, 0.6) is 0 Å². The molecule has 4 nitrogen and oxygen atoms in total. The topological polar surface area (TPSA) is 54.3 Å². The number of hydrogen-bond acceptors (Lipinski definition) is 2. The first-order valence-electron chi connectivity index (χ1n) is 6.93. The summed E-state index contributed by atoms with van der Waals surface area (Å²) in [6.45, 7) is 0.964. The van der Waals surface area contributed by atoms with E-state index in [2.05, 4.69) is 9.88 Å². The van der Waals surface area contributed by atoms with E-state index in [0.29, 0.717) is 11.4 Å². The molecular formula is C16H19ClN2O2. The first-order chi connectivity index (χ1) is 10.2. The lowest BCUT2D eigenvalue weighted by atomic mass is 9.95. The molecule has 0 aliphatic heterocycles. The lowest BCUT2D eigenvalue weighted by Crippen LogP contribution is -2.28. The Balaban J connectivity index is 2.09. The van der Waals surface area contributed by atoms with Crippen molar-refractivity contribution in [3.63, 3.8) is 0 Å². The predicted octanol–water partition coefficient (Wildman–Crippen LogP) is 2.42. The second-order valence-corrected chi connectivity index (χ2v) is 5.34. The number of halogens is 1. The Morgan fingerprint density at radius 3 is 2.52 bits per heavy atom. The molecule has 0 saturated heterocycles. The van der Waals surface area contributed by atoms with E-state index in [4.69, 9.17) is 16.7 Å². The molecule has 1 heterocycles. The van der Waals surface area contributed by atoms with Crippen molar-refractivity contribution < 1.29 is 9.90 Å². The smallest absolute Gasteiger partial charge is 0.220 e. The molecule has 0 aliphatic carbocycles. The molecule has 2 N–H and O–H groups in total. The largest absolute Gasteiger partial charge is 0.395 e. The van der Waals surface area contributed by atoms with Gasteiger partial charge in [-0.15, -0.1) is 0 Å². The monoisotopic (exact) mass is 306 g/mol. The highest BCUT2D eigenvalue weighted by Gasteiger charge is 2.16. The molecule has 112 valence electrons. The maximum absolute atomic E-state index is 11.9. The summed E-state index contributed by atoms with van der Waals surface area (Å²) in [6, 6.07) is 11.5. The fourth-order valence-electron chi connectivity index (χ4n) is 2.26. The highest BCUT2D eigenvalue weighted by molar-refractivity contribution is 6.30. The normalized spacial score (nSPS) is 12.1. The number of amides is 1. The standard InChI is InChI=1S/C16H19ClN2O2/c17-15-5-3-13(4-6-15)14(11-16(21)18-7-10-20)12-19-8-1-2-9-19/h1-6,8-9,14,20H,7,10-12H2,(H,18,21)/t14-/m1/s1. The zero-order chi connectivity index (χ0) is 15.1. The number of aliphatic hydroxyl groups excluding tert-OH is 1. The summed E-state index contributed by atoms with van der Waals surface area (Å²) in [5.41, 5.74) is 1.08. The Hall–Kier alpha value is -1.78. The van der Waals surface area contributed by atoms with Gasteiger partial charge in [0, 0.05) is 42.8 Å². The molecule has 0 radical (unpaired) electrons. The summed E-state index contributed by atoms with van der Waals surface area (Å²) >= 11 is 5.92. The van der Waals surface area contributed by atoms with Crippen LogP contribution in [0, 0.1) is 0 Å². The number of aromatic nitrogens is 1. The number of carbonyl (C=O) groups is 1. The number of rotatable bonds is 7. The summed E-state index contributed by atoms with van der Waals surface area (Å²) in [4.78, 5) is 11.9. The fourth-order valence-corrected chi connectivity index (χ4v) is 2.39. The molecule has 0 saturated carbocycles. The maximum atomic E-state index is 11.9. The average molecular weight is 307 g/mol. The van der Waals surface area contributed by atoms with E-state index in [-0.39, 0.29) is 25.0 Å². The number of aliphatic hydroxyl groups is 1. The van der Waals surface area contributed by atoms with E-state index in [0.717, 1.165) is 12.1 Å². The lowest BCUT2D eigenvalue weighted by Gasteiger charge is -2.18. The molecule has 0 fully saturated rings. The summed E-state index contributed by atoms with van der Waals surface area (Å²) in [7, 11) is 0. The van der Waals surface area contributed by atoms with Gasteiger partial charge in [-0.05, 0) is 29.8 Å². The molecule has 1 aromatic carbocycles. The average Bonchev–Trinajstić information content (AvgIpc) is 2.98. The minimum Gasteiger partial charge on any atom is -0.395 e. The van der Waals surface area contributed by atoms with Crippen LogP contribution >= 0.6 is 11.6 Å². The van der Waals surface area contributed by atoms with Crippen LogP contribution in [0.1, 0.15) is 17.9 Å². The Bertz CT molecular complexity index is 552. The molecule has 2 aromatic rings. The van der Waals surface area contributed by atoms with Gasteiger partial charge in [-0.25, -0.2) is 0 Å². The van der Waals surface area contributed by atoms with Crippen molar-refractivity contribution in [1.82, 2.24) is 9.88 Å². The molecule has 1 aromatic heterocycles. The van der Waals surface area contributed by atoms with Gasteiger partial charge in [0.25, 0.3) is 0 Å². The van der Waals surface area contributed by atoms with Crippen molar-refractivity contribution in [2.75, 3.05) is 13.2 Å². The van der Waals surface area contributed by atoms with Crippen LogP contribution in [-0.2, 0) is 11.3 Å². The summed E-state index contributed by atoms with van der Waals surface area (Å²) in [5, 5.41) is 12.2. The van der Waals surface area contributed by atoms with Crippen LogP contribution in [0.4, 0.5) is 0 Å². The van der Waals surface area contributed by atoms with Gasteiger partial charge in [0.2, 0.25) is 5.91 Å². The minimum atomic E-state index is -0.0591. The Kier molecular flexibility index (Phi) is 5.84. The first kappa shape index (κ1) is 15.6. The Morgan fingerprint density at radius 1 is 1.24 bits per heavy atom. The van der Waals surface area contributed by atoms with E-state index in [1.54, 1.807) is 0 Å². The van der Waals surface area contributed by atoms with Crippen molar-refractivity contribution in [3.05, 3.63) is 59.4 Å². The maximum Gasteiger partial charge on any atom is 0.220 e. The molecule has 0 spiro atoms. The summed E-state index contributed by atoms with van der Waals surface area (Å²) in [5.74, 6) is 0.00418. The molecule has 5 heteroatoms. The Labute approximate surface area is 129 Å². The van der Waals surface area contributed by atoms with Crippen molar-refractivity contribution in [3.8, 4) is 0 Å². The SMILES string of the molecule is O=C(C[C@H](Cn1cccc1)c1ccc(Cl)cc1)NCCO. The van der Waals surface area contributed by atoms with Gasteiger partial charge in [0.15, 0.2) is 0 Å². The van der Waals surface area contributed by atoms with E-state index in [9.17, 15) is 4.79 Å². The van der Waals surface area contributed by atoms with Crippen LogP contribution in [0.3, 0.4) is 0 Å². The molecular weight excluding hydrogens is 288 g/mol. The third kappa shape index (κ3) is 4.92. The van der Waals surface area contributed by atoms with E-state index < -0.39 is 0 Å². The molecule has 0 aliphatic rings. The van der Waals surface area contributed by atoms with Crippen LogP contribution < -0.4 is 5.32 Å². The molecule has 2 rings (SSSR count). The molecule has 1 amide bonds. The number of hydrogen-bond donors (Lipinski definition) is 2. The number of benzene rings is 1. The van der Waals surface area contributed by atoms with Crippen LogP contribution in [0.2, 0.25) is 5.02 Å². The van der Waals surface area contributed by atoms with E-state index >= 15 is 0 Å². The number of carbonyl (C=O) groups excluding carboxylic acids is 1. The van der Waals surface area contributed by atoms with Gasteiger partial charge in [-0.1, -0.05) is 23.7 Å². The van der Waals surface area contributed by atoms with Gasteiger partial charge in [-0.2, -0.15) is 0 Å². The van der Waals surface area contributed by atoms with Crippen LogP contribution in [0.25, 0.3) is 0 Å². The fraction of sp³-hybridized carbons (Fsp3) is 0.312. The first-order valence-corrected chi connectivity index (χ1v) is 7.30. The zero-order valence-electron chi connectivity index (χ0n) is 11.7. The Morgan fingerprint density at radius 2 is 1.90 bits per heavy atom. The second kappa shape index (κ2) is 7.86. The summed E-state index contributed by atoms with van der Waals surface area (Å²) < 4.78 is 2.05. The third-order valence-corrected chi connectivity index (χ3v) is 3.56. The van der Waals surface area contributed by atoms with Crippen molar-refractivity contribution in [2.45, 2.75) is 18.9 Å². The lowest BCUT2D eigenvalue weighted by molar-refractivity contribution is -0.121. The molecule has 1 atom stereocenters. The minimum absolute atomic E-state index is 0.0467. The predicted molar refractivity (Wildman–Crippen MR) is 83.3 cm³/mol. The van der Waals surface area contributed by atoms with Crippen LogP contribution in [-0.4, -0.2) is 28.7 Å². The highest BCUT2D eigenvalue weighted by atomic mass is 35.5. The number of nitrogens with one attached hydrogen (secondary N) is 1. The third-order valence-electron chi connectivity index (χ3n) is 3.30. The van der Waals surface area contributed by atoms with Crippen molar-refractivity contribution in [1.29, 1.82) is 0 Å². The van der Waals surface area contributed by atoms with Crippen molar-refractivity contribution in [2.24, 2.45) is 0 Å². The zero-order valence-corrected chi connectivity index (χ0v) is 12.5. The quantitative estimate of drug-likeness (QED) is 0.825. The van der Waals surface area contributed by atoms with Gasteiger partial charge in [-0.3, -0.25) is 4.79 Å². The van der Waals surface area contributed by atoms with Gasteiger partial charge < -0.3 is 15.0 Å². The molecule has 21 heavy (non-hydrogen) atoms. The van der Waals surface area contributed by atoms with Crippen LogP contribution in [0.15, 0.2) is 48.8 Å². The molecule has 0 bridgehead atoms. The molecule has 0 unspecified atom stereocenters. The van der Waals surface area contributed by atoms with E-state index in [1.807, 2.05) is 48.8 Å². The van der Waals surface area contributed by atoms with Crippen molar-refractivity contribution >= 4 is 17.5 Å².